The molecule has 2 aromatic carbocycles. The highest BCUT2D eigenvalue weighted by molar-refractivity contribution is 6.06. The van der Waals surface area contributed by atoms with E-state index in [1.165, 1.54) is 23.1 Å². The lowest BCUT2D eigenvalue weighted by molar-refractivity contribution is 0.0981. The van der Waals surface area contributed by atoms with Gasteiger partial charge >= 0.3 is 5.63 Å². The van der Waals surface area contributed by atoms with E-state index in [0.29, 0.717) is 22.4 Å². The Kier molecular flexibility index (Phi) is 4.68. The van der Waals surface area contributed by atoms with Crippen molar-refractivity contribution in [2.24, 2.45) is 0 Å². The van der Waals surface area contributed by atoms with Crippen LogP contribution in [0.5, 0.6) is 0 Å². The zero-order chi connectivity index (χ0) is 19.5. The second-order valence-corrected chi connectivity index (χ2v) is 6.19. The number of hydrogen-bond donors (Lipinski definition) is 0. The molecule has 138 valence electrons. The van der Waals surface area contributed by atoms with Crippen LogP contribution in [-0.4, -0.2) is 10.9 Å². The first-order valence-electron chi connectivity index (χ1n) is 8.62. The molecule has 2 heterocycles. The van der Waals surface area contributed by atoms with Gasteiger partial charge in [0, 0.05) is 11.6 Å². The van der Waals surface area contributed by atoms with Crippen LogP contribution in [-0.2, 0) is 6.54 Å². The van der Waals surface area contributed by atoms with Gasteiger partial charge in [-0.3, -0.25) is 9.69 Å². The molecule has 1 amide bonds. The van der Waals surface area contributed by atoms with Crippen LogP contribution >= 0.6 is 0 Å². The number of rotatable bonds is 4. The summed E-state index contributed by atoms with van der Waals surface area (Å²) in [5, 5.41) is 0.646. The first-order valence-corrected chi connectivity index (χ1v) is 8.62. The summed E-state index contributed by atoms with van der Waals surface area (Å²) in [5.74, 6) is -0.526. The van der Waals surface area contributed by atoms with Gasteiger partial charge in [-0.2, -0.15) is 0 Å². The molecule has 0 unspecified atom stereocenters. The minimum Gasteiger partial charge on any atom is -0.422 e. The molecule has 4 rings (SSSR count). The van der Waals surface area contributed by atoms with Crippen molar-refractivity contribution in [3.05, 3.63) is 106 Å². The number of aromatic nitrogens is 1. The summed E-state index contributed by atoms with van der Waals surface area (Å²) in [6, 6.07) is 19.5. The van der Waals surface area contributed by atoms with Crippen LogP contribution in [0.3, 0.4) is 0 Å². The molecule has 0 spiro atoms. The molecular weight excluding hydrogens is 359 g/mol. The number of benzene rings is 2. The van der Waals surface area contributed by atoms with Gasteiger partial charge in [-0.15, -0.1) is 0 Å². The molecule has 0 aliphatic carbocycles. The Morgan fingerprint density at radius 2 is 1.75 bits per heavy atom. The quantitative estimate of drug-likeness (QED) is 0.503. The van der Waals surface area contributed by atoms with Crippen molar-refractivity contribution in [3.63, 3.8) is 0 Å². The lowest BCUT2D eigenvalue weighted by Gasteiger charge is -2.21. The van der Waals surface area contributed by atoms with Gasteiger partial charge in [0.15, 0.2) is 0 Å². The fraction of sp³-hybridized carbons (Fsp3) is 0.0455. The van der Waals surface area contributed by atoms with Crippen LogP contribution in [0.1, 0.15) is 15.9 Å². The average molecular weight is 374 g/mol. The molecule has 0 bridgehead atoms. The topological polar surface area (TPSA) is 63.4 Å². The maximum Gasteiger partial charge on any atom is 0.349 e. The molecule has 0 N–H and O–H groups in total. The molecule has 28 heavy (non-hydrogen) atoms. The third-order valence-corrected chi connectivity index (χ3v) is 4.30. The maximum atomic E-state index is 13.2. The number of para-hydroxylation sites is 1. The number of amides is 1. The van der Waals surface area contributed by atoms with Gasteiger partial charge in [-0.25, -0.2) is 14.2 Å². The van der Waals surface area contributed by atoms with E-state index in [9.17, 15) is 14.0 Å². The second-order valence-electron chi connectivity index (χ2n) is 6.19. The zero-order valence-electron chi connectivity index (χ0n) is 14.7. The van der Waals surface area contributed by atoms with E-state index >= 15 is 0 Å². The van der Waals surface area contributed by atoms with Gasteiger partial charge in [0.2, 0.25) is 0 Å². The summed E-state index contributed by atoms with van der Waals surface area (Å²) in [6.45, 7) is 0.127. The maximum absolute atomic E-state index is 13.2. The number of carbonyl (C=O) groups excluding carboxylic acids is 1. The molecule has 6 heteroatoms. The van der Waals surface area contributed by atoms with Crippen molar-refractivity contribution in [2.45, 2.75) is 6.54 Å². The van der Waals surface area contributed by atoms with Crippen LogP contribution in [0.25, 0.3) is 11.0 Å². The predicted octanol–water partition coefficient (Wildman–Crippen LogP) is 4.17. The molecule has 0 aliphatic heterocycles. The third kappa shape index (κ3) is 3.53. The summed E-state index contributed by atoms with van der Waals surface area (Å²) in [7, 11) is 0. The summed E-state index contributed by atoms with van der Waals surface area (Å²) in [4.78, 5) is 31.3. The van der Waals surface area contributed by atoms with Crippen LogP contribution in [0, 0.1) is 5.82 Å². The van der Waals surface area contributed by atoms with Gasteiger partial charge in [-0.1, -0.05) is 36.4 Å². The normalized spacial score (nSPS) is 10.8. The van der Waals surface area contributed by atoms with Gasteiger partial charge in [0.05, 0.1) is 6.54 Å². The van der Waals surface area contributed by atoms with Gasteiger partial charge < -0.3 is 4.42 Å². The molecule has 0 radical (unpaired) electrons. The van der Waals surface area contributed by atoms with E-state index in [0.717, 1.165) is 0 Å². The highest BCUT2D eigenvalue weighted by Crippen LogP contribution is 2.19. The first kappa shape index (κ1) is 17.6. The van der Waals surface area contributed by atoms with Crippen molar-refractivity contribution < 1.29 is 13.6 Å². The average Bonchev–Trinajstić information content (AvgIpc) is 2.73. The van der Waals surface area contributed by atoms with E-state index in [1.807, 2.05) is 0 Å². The summed E-state index contributed by atoms with van der Waals surface area (Å²) in [5.41, 5.74) is 0.299. The molecule has 4 aromatic rings. The Bertz CT molecular complexity index is 1190. The minimum absolute atomic E-state index is 0.0912. The number of hydrogen-bond acceptors (Lipinski definition) is 4. The van der Waals surface area contributed by atoms with Crippen LogP contribution in [0.2, 0.25) is 0 Å². The Balaban J connectivity index is 1.77. The van der Waals surface area contributed by atoms with E-state index in [1.54, 1.807) is 60.8 Å². The second kappa shape index (κ2) is 7.44. The molecule has 0 aliphatic rings. The monoisotopic (exact) mass is 374 g/mol. The molecule has 5 nitrogen and oxygen atoms in total. The van der Waals surface area contributed by atoms with E-state index in [2.05, 4.69) is 4.98 Å². The van der Waals surface area contributed by atoms with Gasteiger partial charge in [0.25, 0.3) is 5.91 Å². The van der Waals surface area contributed by atoms with Crippen LogP contribution in [0.15, 0.2) is 88.2 Å². The Morgan fingerprint density at radius 1 is 1.00 bits per heavy atom. The van der Waals surface area contributed by atoms with Crippen molar-refractivity contribution in [3.8, 4) is 0 Å². The molecular formula is C22H15FN2O3. The van der Waals surface area contributed by atoms with Crippen molar-refractivity contribution >= 4 is 22.7 Å². The minimum atomic E-state index is -0.719. The lowest BCUT2D eigenvalue weighted by Crippen LogP contribution is -2.34. The van der Waals surface area contributed by atoms with Crippen molar-refractivity contribution in [2.75, 3.05) is 4.90 Å². The van der Waals surface area contributed by atoms with Crippen molar-refractivity contribution in [1.82, 2.24) is 4.98 Å². The van der Waals surface area contributed by atoms with Crippen LogP contribution < -0.4 is 10.5 Å². The summed E-state index contributed by atoms with van der Waals surface area (Å²) in [6.07, 6.45) is 1.56. The summed E-state index contributed by atoms with van der Waals surface area (Å²) >= 11 is 0. The largest absolute Gasteiger partial charge is 0.422 e. The standard InChI is InChI=1S/C22H15FN2O3/c23-17-10-8-15(9-11-17)14-25(20-7-3-4-12-24-20)21(26)18-13-16-5-1-2-6-19(16)28-22(18)27/h1-13H,14H2. The highest BCUT2D eigenvalue weighted by Gasteiger charge is 2.23. The number of pyridine rings is 1. The third-order valence-electron chi connectivity index (χ3n) is 4.30. The zero-order valence-corrected chi connectivity index (χ0v) is 14.7. The molecule has 0 atom stereocenters. The highest BCUT2D eigenvalue weighted by atomic mass is 19.1. The van der Waals surface area contributed by atoms with Crippen molar-refractivity contribution in [1.29, 1.82) is 0 Å². The number of fused-ring (bicyclic) bond motifs is 1. The number of halogens is 1. The van der Waals surface area contributed by atoms with E-state index in [4.69, 9.17) is 4.42 Å². The predicted molar refractivity (Wildman–Crippen MR) is 104 cm³/mol. The Morgan fingerprint density at radius 3 is 2.50 bits per heavy atom. The fourth-order valence-electron chi connectivity index (χ4n) is 2.90. The number of carbonyl (C=O) groups is 1. The summed E-state index contributed by atoms with van der Waals surface area (Å²) < 4.78 is 18.5. The first-order chi connectivity index (χ1) is 13.6. The van der Waals surface area contributed by atoms with Crippen LogP contribution in [0.4, 0.5) is 10.2 Å². The molecule has 0 saturated heterocycles. The van der Waals surface area contributed by atoms with Gasteiger partial charge in [-0.05, 0) is 42.0 Å². The SMILES string of the molecule is O=C(c1cc2ccccc2oc1=O)N(Cc1ccc(F)cc1)c1ccccn1. The molecule has 0 fully saturated rings. The molecule has 0 saturated carbocycles. The number of anilines is 1. The van der Waals surface area contributed by atoms with E-state index < -0.39 is 11.5 Å². The fourth-order valence-corrected chi connectivity index (χ4v) is 2.90. The van der Waals surface area contributed by atoms with Gasteiger partial charge in [0.1, 0.15) is 22.8 Å². The van der Waals surface area contributed by atoms with E-state index in [-0.39, 0.29) is 17.9 Å². The Hall–Kier alpha value is -3.80. The Labute approximate surface area is 159 Å². The lowest BCUT2D eigenvalue weighted by atomic mass is 10.1. The molecule has 2 aromatic heterocycles. The number of nitrogens with zero attached hydrogens (tertiary/aromatic N) is 2. The smallest absolute Gasteiger partial charge is 0.349 e.